The number of benzene rings is 1. The van der Waals surface area contributed by atoms with Gasteiger partial charge in [0.05, 0.1) is 18.9 Å². The van der Waals surface area contributed by atoms with Gasteiger partial charge in [0.25, 0.3) is 0 Å². The number of unbranched alkanes of at least 4 members (excludes halogenated alkanes) is 4. The summed E-state index contributed by atoms with van der Waals surface area (Å²) in [4.78, 5) is 23.7. The third-order valence-corrected chi connectivity index (χ3v) is 5.11. The number of amides is 2. The number of carbonyl (C=O) groups excluding carboxylic acids is 2. The number of rotatable bonds is 13. The zero-order valence-electron chi connectivity index (χ0n) is 19.3. The minimum absolute atomic E-state index is 0.0610. The zero-order valence-corrected chi connectivity index (χ0v) is 19.3. The van der Waals surface area contributed by atoms with Gasteiger partial charge < -0.3 is 19.9 Å². The average Bonchev–Trinajstić information content (AvgIpc) is 2.75. The molecule has 1 saturated heterocycles. The monoisotopic (exact) mass is 447 g/mol. The number of phenols is 1. The van der Waals surface area contributed by atoms with Crippen molar-refractivity contribution in [3.8, 4) is 5.75 Å². The van der Waals surface area contributed by atoms with Gasteiger partial charge in [0, 0.05) is 24.5 Å². The van der Waals surface area contributed by atoms with Gasteiger partial charge in [-0.2, -0.15) is 5.10 Å². The number of hydrogen-bond donors (Lipinski definition) is 3. The topological polar surface area (TPSA) is 109 Å². The molecule has 8 heteroatoms. The van der Waals surface area contributed by atoms with E-state index in [2.05, 4.69) is 29.7 Å². The molecule has 2 rings (SSSR count). The summed E-state index contributed by atoms with van der Waals surface area (Å²) in [5.74, 6) is -0.158. The Hall–Kier alpha value is -2.45. The van der Waals surface area contributed by atoms with E-state index < -0.39 is 0 Å². The highest BCUT2D eigenvalue weighted by atomic mass is 16.7. The highest BCUT2D eigenvalue weighted by molar-refractivity contribution is 5.92. The second-order valence-electron chi connectivity index (χ2n) is 8.97. The van der Waals surface area contributed by atoms with Crippen molar-refractivity contribution in [1.82, 2.24) is 5.43 Å². The van der Waals surface area contributed by atoms with E-state index >= 15 is 0 Å². The van der Waals surface area contributed by atoms with E-state index in [-0.39, 0.29) is 29.3 Å². The molecular formula is C24H37N3O5. The van der Waals surface area contributed by atoms with Crippen LogP contribution in [0.1, 0.15) is 71.6 Å². The number of ether oxygens (including phenoxy) is 2. The molecule has 0 bridgehead atoms. The number of hydrogen-bond acceptors (Lipinski definition) is 6. The van der Waals surface area contributed by atoms with E-state index in [1.54, 1.807) is 24.4 Å². The van der Waals surface area contributed by atoms with Crippen molar-refractivity contribution in [2.24, 2.45) is 10.5 Å². The summed E-state index contributed by atoms with van der Waals surface area (Å²) >= 11 is 0. The fourth-order valence-corrected chi connectivity index (χ4v) is 3.22. The molecule has 1 aromatic carbocycles. The lowest BCUT2D eigenvalue weighted by molar-refractivity contribution is -0.223. The normalized spacial score (nSPS) is 16.2. The van der Waals surface area contributed by atoms with Gasteiger partial charge in [0.15, 0.2) is 6.29 Å². The van der Waals surface area contributed by atoms with Crippen LogP contribution in [0.5, 0.6) is 5.75 Å². The SMILES string of the molecule is CC1(C)COC(CCC/C=N/NC(=O)CCCCCCC(=O)Nc2ccccc2O)OC1. The summed E-state index contributed by atoms with van der Waals surface area (Å²) in [6.07, 6.45) is 8.10. The first-order valence-electron chi connectivity index (χ1n) is 11.5. The number of aromatic hydroxyl groups is 1. The van der Waals surface area contributed by atoms with E-state index in [4.69, 9.17) is 9.47 Å². The molecule has 0 aromatic heterocycles. The second-order valence-corrected chi connectivity index (χ2v) is 8.97. The molecule has 3 N–H and O–H groups in total. The maximum atomic E-state index is 11.9. The first-order chi connectivity index (χ1) is 15.4. The summed E-state index contributed by atoms with van der Waals surface area (Å²) in [5, 5.41) is 16.3. The van der Waals surface area contributed by atoms with E-state index in [0.29, 0.717) is 31.7 Å². The van der Waals surface area contributed by atoms with Crippen LogP contribution in [0.15, 0.2) is 29.4 Å². The van der Waals surface area contributed by atoms with Crippen molar-refractivity contribution in [2.75, 3.05) is 18.5 Å². The second kappa shape index (κ2) is 13.9. The number of hydrazone groups is 1. The predicted octanol–water partition coefficient (Wildman–Crippen LogP) is 4.34. The molecule has 1 fully saturated rings. The minimum Gasteiger partial charge on any atom is -0.506 e. The van der Waals surface area contributed by atoms with Crippen LogP contribution in [-0.4, -0.2) is 42.6 Å². The predicted molar refractivity (Wildman–Crippen MR) is 124 cm³/mol. The molecule has 0 atom stereocenters. The fraction of sp³-hybridized carbons (Fsp3) is 0.625. The molecule has 0 aliphatic carbocycles. The Morgan fingerprint density at radius 3 is 2.41 bits per heavy atom. The van der Waals surface area contributed by atoms with Crippen molar-refractivity contribution < 1.29 is 24.2 Å². The average molecular weight is 448 g/mol. The van der Waals surface area contributed by atoms with Crippen LogP contribution < -0.4 is 10.7 Å². The Labute approximate surface area is 190 Å². The molecule has 1 aliphatic rings. The van der Waals surface area contributed by atoms with Gasteiger partial charge in [-0.15, -0.1) is 0 Å². The number of nitrogens with zero attached hydrogens (tertiary/aromatic N) is 1. The van der Waals surface area contributed by atoms with E-state index in [1.807, 2.05) is 0 Å². The lowest BCUT2D eigenvalue weighted by Crippen LogP contribution is -2.37. The largest absolute Gasteiger partial charge is 0.506 e. The van der Waals surface area contributed by atoms with Gasteiger partial charge >= 0.3 is 0 Å². The Balaban J connectivity index is 1.42. The number of para-hydroxylation sites is 2. The molecule has 1 heterocycles. The highest BCUT2D eigenvalue weighted by Gasteiger charge is 2.27. The van der Waals surface area contributed by atoms with Gasteiger partial charge in [0.1, 0.15) is 5.75 Å². The lowest BCUT2D eigenvalue weighted by atomic mass is 9.95. The first kappa shape index (κ1) is 25.8. The van der Waals surface area contributed by atoms with Gasteiger partial charge in [-0.1, -0.05) is 38.8 Å². The van der Waals surface area contributed by atoms with Crippen LogP contribution in [0, 0.1) is 5.41 Å². The molecular weight excluding hydrogens is 410 g/mol. The van der Waals surface area contributed by atoms with Crippen LogP contribution in [0.25, 0.3) is 0 Å². The van der Waals surface area contributed by atoms with Crippen LogP contribution in [-0.2, 0) is 19.1 Å². The van der Waals surface area contributed by atoms with E-state index in [1.165, 1.54) is 6.07 Å². The summed E-state index contributed by atoms with van der Waals surface area (Å²) in [6.45, 7) is 5.68. The van der Waals surface area contributed by atoms with Crippen LogP contribution in [0.3, 0.4) is 0 Å². The number of carbonyl (C=O) groups is 2. The Bertz CT molecular complexity index is 741. The van der Waals surface area contributed by atoms with Gasteiger partial charge in [-0.3, -0.25) is 9.59 Å². The standard InChI is InChI=1S/C24H37N3O5/c1-24(2)17-31-23(32-18-24)15-9-10-16-25-27-22(30)14-6-4-3-5-13-21(29)26-19-11-7-8-12-20(19)28/h7-8,11-12,16,23,28H,3-6,9-10,13-15,17-18H2,1-2H3,(H,26,29)(H,27,30)/b25-16+. The summed E-state index contributed by atoms with van der Waals surface area (Å²) in [7, 11) is 0. The molecule has 0 unspecified atom stereocenters. The Kier molecular flexibility index (Phi) is 11.2. The number of nitrogens with one attached hydrogen (secondary N) is 2. The highest BCUT2D eigenvalue weighted by Crippen LogP contribution is 2.24. The van der Waals surface area contributed by atoms with Crippen molar-refractivity contribution in [3.05, 3.63) is 24.3 Å². The van der Waals surface area contributed by atoms with Gasteiger partial charge in [0.2, 0.25) is 11.8 Å². The summed E-state index contributed by atoms with van der Waals surface area (Å²) in [5.41, 5.74) is 3.07. The Morgan fingerprint density at radius 2 is 1.72 bits per heavy atom. The summed E-state index contributed by atoms with van der Waals surface area (Å²) in [6, 6.07) is 6.66. The van der Waals surface area contributed by atoms with Crippen LogP contribution >= 0.6 is 0 Å². The third-order valence-electron chi connectivity index (χ3n) is 5.11. The summed E-state index contributed by atoms with van der Waals surface area (Å²) < 4.78 is 11.4. The molecule has 2 amide bonds. The quantitative estimate of drug-likeness (QED) is 0.180. The lowest BCUT2D eigenvalue weighted by Gasteiger charge is -2.34. The van der Waals surface area contributed by atoms with E-state index in [0.717, 1.165) is 44.9 Å². The third kappa shape index (κ3) is 10.7. The van der Waals surface area contributed by atoms with Crippen molar-refractivity contribution in [1.29, 1.82) is 0 Å². The molecule has 1 aromatic rings. The molecule has 178 valence electrons. The van der Waals surface area contributed by atoms with E-state index in [9.17, 15) is 14.7 Å². The van der Waals surface area contributed by atoms with Crippen molar-refractivity contribution in [2.45, 2.75) is 77.9 Å². The van der Waals surface area contributed by atoms with Crippen molar-refractivity contribution in [3.63, 3.8) is 0 Å². The van der Waals surface area contributed by atoms with Crippen LogP contribution in [0.4, 0.5) is 5.69 Å². The molecule has 0 spiro atoms. The maximum Gasteiger partial charge on any atom is 0.240 e. The molecule has 0 saturated carbocycles. The van der Waals surface area contributed by atoms with Gasteiger partial charge in [-0.25, -0.2) is 5.43 Å². The smallest absolute Gasteiger partial charge is 0.240 e. The zero-order chi connectivity index (χ0) is 23.2. The fourth-order valence-electron chi connectivity index (χ4n) is 3.22. The minimum atomic E-state index is -0.137. The van der Waals surface area contributed by atoms with Crippen LogP contribution in [0.2, 0.25) is 0 Å². The Morgan fingerprint density at radius 1 is 1.06 bits per heavy atom. The molecule has 32 heavy (non-hydrogen) atoms. The molecule has 0 radical (unpaired) electrons. The molecule has 8 nitrogen and oxygen atoms in total. The first-order valence-corrected chi connectivity index (χ1v) is 11.5. The maximum absolute atomic E-state index is 11.9. The molecule has 1 aliphatic heterocycles. The number of anilines is 1. The van der Waals surface area contributed by atoms with Crippen molar-refractivity contribution >= 4 is 23.7 Å². The number of phenolic OH excluding ortho intramolecular Hbond substituents is 1. The van der Waals surface area contributed by atoms with Gasteiger partial charge in [-0.05, 0) is 44.2 Å².